The topological polar surface area (TPSA) is 37.3 Å². The lowest BCUT2D eigenvalue weighted by atomic mass is 10.1. The standard InChI is InChI=1S/C10H9BrCl2O2/c11-7-5-6(1-2-9(7)13)8(12)3-4-10(14)15/h1-2,5,8H,3-4H2,(H,14,15). The van der Waals surface area contributed by atoms with Gasteiger partial charge in [-0.05, 0) is 40.0 Å². The van der Waals surface area contributed by atoms with Crippen LogP contribution in [0.4, 0.5) is 0 Å². The smallest absolute Gasteiger partial charge is 0.303 e. The van der Waals surface area contributed by atoms with Crippen LogP contribution in [0.1, 0.15) is 23.8 Å². The van der Waals surface area contributed by atoms with E-state index in [0.29, 0.717) is 11.4 Å². The molecule has 0 saturated carbocycles. The van der Waals surface area contributed by atoms with Gasteiger partial charge in [0.2, 0.25) is 0 Å². The Hall–Kier alpha value is -0.250. The Kier molecular flexibility index (Phi) is 4.90. The molecule has 0 radical (unpaired) electrons. The molecule has 0 aliphatic rings. The van der Waals surface area contributed by atoms with E-state index in [2.05, 4.69) is 15.9 Å². The van der Waals surface area contributed by atoms with Crippen molar-refractivity contribution in [2.45, 2.75) is 18.2 Å². The monoisotopic (exact) mass is 310 g/mol. The molecule has 0 fully saturated rings. The molecule has 0 saturated heterocycles. The molecular formula is C10H9BrCl2O2. The number of rotatable bonds is 4. The van der Waals surface area contributed by atoms with Gasteiger partial charge in [-0.2, -0.15) is 0 Å². The van der Waals surface area contributed by atoms with E-state index in [1.807, 2.05) is 6.07 Å². The highest BCUT2D eigenvalue weighted by molar-refractivity contribution is 9.10. The predicted molar refractivity (Wildman–Crippen MR) is 64.6 cm³/mol. The maximum atomic E-state index is 10.4. The lowest BCUT2D eigenvalue weighted by Crippen LogP contribution is -1.98. The second-order valence-electron chi connectivity index (χ2n) is 3.07. The first-order valence-corrected chi connectivity index (χ1v) is 5.92. The van der Waals surface area contributed by atoms with Crippen LogP contribution in [0.2, 0.25) is 5.02 Å². The summed E-state index contributed by atoms with van der Waals surface area (Å²) in [6.45, 7) is 0. The molecule has 1 aromatic carbocycles. The average molecular weight is 312 g/mol. The number of carboxylic acid groups (broad SMARTS) is 1. The SMILES string of the molecule is O=C(O)CCC(Cl)c1ccc(Cl)c(Br)c1. The van der Waals surface area contributed by atoms with Crippen molar-refractivity contribution in [1.29, 1.82) is 0 Å². The molecule has 0 aliphatic heterocycles. The third-order valence-corrected chi connectivity index (χ3v) is 3.60. The van der Waals surface area contributed by atoms with Crippen molar-refractivity contribution in [2.75, 3.05) is 0 Å². The first kappa shape index (κ1) is 12.8. The minimum absolute atomic E-state index is 0.0639. The van der Waals surface area contributed by atoms with Crippen LogP contribution in [0.15, 0.2) is 22.7 Å². The molecular weight excluding hydrogens is 303 g/mol. The number of carbonyl (C=O) groups is 1. The minimum atomic E-state index is -0.839. The molecule has 0 heterocycles. The van der Waals surface area contributed by atoms with Gasteiger partial charge in [0.15, 0.2) is 0 Å². The molecule has 0 bridgehead atoms. The molecule has 15 heavy (non-hydrogen) atoms. The highest BCUT2D eigenvalue weighted by atomic mass is 79.9. The van der Waals surface area contributed by atoms with Crippen LogP contribution in [0.5, 0.6) is 0 Å². The summed E-state index contributed by atoms with van der Waals surface area (Å²) in [7, 11) is 0. The molecule has 2 nitrogen and oxygen atoms in total. The number of hydrogen-bond donors (Lipinski definition) is 1. The van der Waals surface area contributed by atoms with Gasteiger partial charge in [0.1, 0.15) is 0 Å². The van der Waals surface area contributed by atoms with E-state index < -0.39 is 5.97 Å². The van der Waals surface area contributed by atoms with Crippen LogP contribution in [-0.4, -0.2) is 11.1 Å². The van der Waals surface area contributed by atoms with Crippen LogP contribution < -0.4 is 0 Å². The Morgan fingerprint density at radius 2 is 2.20 bits per heavy atom. The summed E-state index contributed by atoms with van der Waals surface area (Å²) in [6, 6.07) is 5.34. The Labute approximate surface area is 106 Å². The zero-order valence-corrected chi connectivity index (χ0v) is 10.8. The Bertz CT molecular complexity index is 368. The summed E-state index contributed by atoms with van der Waals surface area (Å²) in [5.74, 6) is -0.839. The maximum Gasteiger partial charge on any atom is 0.303 e. The molecule has 5 heteroatoms. The number of benzene rings is 1. The summed E-state index contributed by atoms with van der Waals surface area (Å²) >= 11 is 15.2. The molecule has 0 aromatic heterocycles. The van der Waals surface area contributed by atoms with E-state index in [0.717, 1.165) is 10.0 Å². The van der Waals surface area contributed by atoms with Crippen molar-refractivity contribution >= 4 is 45.1 Å². The van der Waals surface area contributed by atoms with Crippen molar-refractivity contribution in [1.82, 2.24) is 0 Å². The van der Waals surface area contributed by atoms with Gasteiger partial charge in [0, 0.05) is 10.9 Å². The predicted octanol–water partition coefficient (Wildman–Crippen LogP) is 4.25. The average Bonchev–Trinajstić information content (AvgIpc) is 2.18. The van der Waals surface area contributed by atoms with Gasteiger partial charge in [-0.3, -0.25) is 4.79 Å². The zero-order valence-electron chi connectivity index (χ0n) is 7.71. The van der Waals surface area contributed by atoms with Gasteiger partial charge in [-0.25, -0.2) is 0 Å². The number of alkyl halides is 1. The fraction of sp³-hybridized carbons (Fsp3) is 0.300. The van der Waals surface area contributed by atoms with E-state index in [4.69, 9.17) is 28.3 Å². The largest absolute Gasteiger partial charge is 0.481 e. The molecule has 1 rings (SSSR count). The fourth-order valence-corrected chi connectivity index (χ4v) is 1.88. The molecule has 1 atom stereocenters. The van der Waals surface area contributed by atoms with Gasteiger partial charge in [-0.1, -0.05) is 17.7 Å². The Morgan fingerprint density at radius 1 is 1.53 bits per heavy atom. The van der Waals surface area contributed by atoms with Crippen LogP contribution in [0.3, 0.4) is 0 Å². The van der Waals surface area contributed by atoms with Crippen LogP contribution in [0.25, 0.3) is 0 Å². The van der Waals surface area contributed by atoms with Crippen molar-refractivity contribution in [3.63, 3.8) is 0 Å². The van der Waals surface area contributed by atoms with Gasteiger partial charge in [0.05, 0.1) is 10.4 Å². The van der Waals surface area contributed by atoms with Crippen LogP contribution in [0, 0.1) is 0 Å². The molecule has 0 aliphatic carbocycles. The minimum Gasteiger partial charge on any atom is -0.481 e. The molecule has 1 unspecified atom stereocenters. The van der Waals surface area contributed by atoms with Gasteiger partial charge in [0.25, 0.3) is 0 Å². The first-order chi connectivity index (χ1) is 7.00. The third kappa shape index (κ3) is 4.01. The van der Waals surface area contributed by atoms with E-state index >= 15 is 0 Å². The second-order valence-corrected chi connectivity index (χ2v) is 4.86. The van der Waals surface area contributed by atoms with E-state index in [-0.39, 0.29) is 11.8 Å². The molecule has 1 aromatic rings. The first-order valence-electron chi connectivity index (χ1n) is 4.31. The third-order valence-electron chi connectivity index (χ3n) is 1.92. The lowest BCUT2D eigenvalue weighted by molar-refractivity contribution is -0.137. The number of hydrogen-bond acceptors (Lipinski definition) is 1. The lowest BCUT2D eigenvalue weighted by Gasteiger charge is -2.09. The quantitative estimate of drug-likeness (QED) is 0.844. The number of carboxylic acids is 1. The summed E-state index contributed by atoms with van der Waals surface area (Å²) in [5, 5.41) is 8.83. The van der Waals surface area contributed by atoms with Gasteiger partial charge < -0.3 is 5.11 Å². The summed E-state index contributed by atoms with van der Waals surface area (Å²) < 4.78 is 0.766. The molecule has 82 valence electrons. The highest BCUT2D eigenvalue weighted by Gasteiger charge is 2.11. The van der Waals surface area contributed by atoms with E-state index in [1.54, 1.807) is 12.1 Å². The number of aliphatic carboxylic acids is 1. The van der Waals surface area contributed by atoms with Crippen molar-refractivity contribution in [3.05, 3.63) is 33.3 Å². The van der Waals surface area contributed by atoms with Crippen molar-refractivity contribution in [2.24, 2.45) is 0 Å². The normalized spacial score (nSPS) is 12.5. The Morgan fingerprint density at radius 3 is 2.73 bits per heavy atom. The van der Waals surface area contributed by atoms with Gasteiger partial charge >= 0.3 is 5.97 Å². The van der Waals surface area contributed by atoms with Crippen LogP contribution in [-0.2, 0) is 4.79 Å². The zero-order chi connectivity index (χ0) is 11.4. The fourth-order valence-electron chi connectivity index (χ4n) is 1.12. The Balaban J connectivity index is 2.69. The van der Waals surface area contributed by atoms with E-state index in [9.17, 15) is 4.79 Å². The maximum absolute atomic E-state index is 10.4. The summed E-state index contributed by atoms with van der Waals surface area (Å²) in [6.07, 6.45) is 0.472. The summed E-state index contributed by atoms with van der Waals surface area (Å²) in [5.41, 5.74) is 0.870. The van der Waals surface area contributed by atoms with Crippen molar-refractivity contribution < 1.29 is 9.90 Å². The van der Waals surface area contributed by atoms with E-state index in [1.165, 1.54) is 0 Å². The second kappa shape index (κ2) is 5.73. The number of halogens is 3. The molecule has 1 N–H and O–H groups in total. The van der Waals surface area contributed by atoms with Gasteiger partial charge in [-0.15, -0.1) is 11.6 Å². The van der Waals surface area contributed by atoms with Crippen LogP contribution >= 0.6 is 39.1 Å². The van der Waals surface area contributed by atoms with Crippen molar-refractivity contribution in [3.8, 4) is 0 Å². The molecule has 0 spiro atoms. The summed E-state index contributed by atoms with van der Waals surface area (Å²) in [4.78, 5) is 10.4. The molecule has 0 amide bonds. The highest BCUT2D eigenvalue weighted by Crippen LogP contribution is 2.31.